The largest absolute Gasteiger partial charge is 0.396 e. The van der Waals surface area contributed by atoms with E-state index in [1.807, 2.05) is 12.1 Å². The van der Waals surface area contributed by atoms with E-state index in [-0.39, 0.29) is 13.2 Å². The number of aliphatic hydroxyl groups excluding tert-OH is 1. The summed E-state index contributed by atoms with van der Waals surface area (Å²) in [5.74, 6) is -1.42. The fraction of sp³-hybridized carbons (Fsp3) is 0.231. The Morgan fingerprint density at radius 2 is 2.05 bits per heavy atom. The molecule has 6 heteroatoms. The van der Waals surface area contributed by atoms with Crippen molar-refractivity contribution in [2.45, 2.75) is 6.42 Å². The molecular weight excluding hydrogens is 246 g/mol. The van der Waals surface area contributed by atoms with Gasteiger partial charge in [0.15, 0.2) is 0 Å². The van der Waals surface area contributed by atoms with E-state index in [2.05, 4.69) is 15.6 Å². The maximum Gasteiger partial charge on any atom is 0.313 e. The van der Waals surface area contributed by atoms with Crippen LogP contribution in [0.4, 0.5) is 5.69 Å². The second-order valence-corrected chi connectivity index (χ2v) is 4.07. The first-order chi connectivity index (χ1) is 9.20. The molecule has 0 atom stereocenters. The molecule has 2 amide bonds. The number of benzene rings is 1. The summed E-state index contributed by atoms with van der Waals surface area (Å²) in [5.41, 5.74) is 1.53. The summed E-state index contributed by atoms with van der Waals surface area (Å²) in [7, 11) is 0. The van der Waals surface area contributed by atoms with Gasteiger partial charge in [-0.3, -0.25) is 9.59 Å². The molecule has 1 aromatic heterocycles. The second-order valence-electron chi connectivity index (χ2n) is 4.07. The molecule has 0 aliphatic heterocycles. The normalized spacial score (nSPS) is 10.4. The summed E-state index contributed by atoms with van der Waals surface area (Å²) >= 11 is 0. The minimum atomic E-state index is -0.715. The van der Waals surface area contributed by atoms with Gasteiger partial charge in [-0.05, 0) is 30.7 Å². The minimum absolute atomic E-state index is 0.0218. The smallest absolute Gasteiger partial charge is 0.313 e. The van der Waals surface area contributed by atoms with Crippen molar-refractivity contribution in [1.82, 2.24) is 10.3 Å². The highest BCUT2D eigenvalue weighted by Crippen LogP contribution is 2.17. The van der Waals surface area contributed by atoms with Crippen molar-refractivity contribution in [2.24, 2.45) is 0 Å². The molecule has 0 unspecified atom stereocenters. The quantitative estimate of drug-likeness (QED) is 0.479. The Labute approximate surface area is 109 Å². The highest BCUT2D eigenvalue weighted by molar-refractivity contribution is 6.39. The molecule has 0 radical (unpaired) electrons. The third kappa shape index (κ3) is 3.32. The van der Waals surface area contributed by atoms with E-state index in [0.29, 0.717) is 12.1 Å². The Balaban J connectivity index is 1.95. The fourth-order valence-corrected chi connectivity index (χ4v) is 1.68. The highest BCUT2D eigenvalue weighted by Gasteiger charge is 2.12. The molecule has 0 saturated carbocycles. The zero-order valence-electron chi connectivity index (χ0n) is 10.3. The Kier molecular flexibility index (Phi) is 4.15. The highest BCUT2D eigenvalue weighted by atomic mass is 16.3. The third-order valence-corrected chi connectivity index (χ3v) is 2.64. The van der Waals surface area contributed by atoms with Crippen LogP contribution in [0.5, 0.6) is 0 Å². The molecule has 0 fully saturated rings. The van der Waals surface area contributed by atoms with Crippen LogP contribution in [0.1, 0.15) is 6.42 Å². The van der Waals surface area contributed by atoms with E-state index in [0.717, 1.165) is 10.9 Å². The molecule has 0 aliphatic rings. The van der Waals surface area contributed by atoms with Crippen molar-refractivity contribution in [3.05, 3.63) is 30.5 Å². The zero-order chi connectivity index (χ0) is 13.7. The van der Waals surface area contributed by atoms with E-state index in [1.54, 1.807) is 18.3 Å². The number of hydrogen-bond acceptors (Lipinski definition) is 3. The van der Waals surface area contributed by atoms with Crippen LogP contribution in [0, 0.1) is 0 Å². The average Bonchev–Trinajstić information content (AvgIpc) is 2.86. The predicted molar refractivity (Wildman–Crippen MR) is 71.6 cm³/mol. The maximum absolute atomic E-state index is 11.6. The Bertz CT molecular complexity index is 592. The van der Waals surface area contributed by atoms with Crippen molar-refractivity contribution >= 4 is 28.4 Å². The van der Waals surface area contributed by atoms with E-state index in [1.165, 1.54) is 0 Å². The van der Waals surface area contributed by atoms with Crippen molar-refractivity contribution in [2.75, 3.05) is 18.5 Å². The molecule has 100 valence electrons. The number of H-pyrrole nitrogens is 1. The summed E-state index contributed by atoms with van der Waals surface area (Å²) in [6.45, 7) is 0.256. The van der Waals surface area contributed by atoms with Gasteiger partial charge in [-0.2, -0.15) is 0 Å². The van der Waals surface area contributed by atoms with Gasteiger partial charge in [0.25, 0.3) is 0 Å². The Hall–Kier alpha value is -2.34. The number of carbonyl (C=O) groups excluding carboxylic acids is 2. The van der Waals surface area contributed by atoms with Crippen LogP contribution in [-0.2, 0) is 9.59 Å². The van der Waals surface area contributed by atoms with Crippen LogP contribution in [0.15, 0.2) is 30.5 Å². The van der Waals surface area contributed by atoms with E-state index in [9.17, 15) is 9.59 Å². The molecule has 1 heterocycles. The van der Waals surface area contributed by atoms with Crippen molar-refractivity contribution in [3.63, 3.8) is 0 Å². The molecule has 0 aliphatic carbocycles. The lowest BCUT2D eigenvalue weighted by Crippen LogP contribution is -2.36. The predicted octanol–water partition coefficient (Wildman–Crippen LogP) is 0.605. The van der Waals surface area contributed by atoms with Gasteiger partial charge in [-0.1, -0.05) is 0 Å². The Morgan fingerprint density at radius 1 is 1.21 bits per heavy atom. The number of carbonyl (C=O) groups is 2. The van der Waals surface area contributed by atoms with Crippen LogP contribution in [0.3, 0.4) is 0 Å². The average molecular weight is 261 g/mol. The van der Waals surface area contributed by atoms with E-state index < -0.39 is 11.8 Å². The zero-order valence-corrected chi connectivity index (χ0v) is 10.3. The van der Waals surface area contributed by atoms with E-state index in [4.69, 9.17) is 5.11 Å². The number of aromatic nitrogens is 1. The number of fused-ring (bicyclic) bond motifs is 1. The van der Waals surface area contributed by atoms with Gasteiger partial charge in [0.1, 0.15) is 0 Å². The molecule has 1 aromatic carbocycles. The maximum atomic E-state index is 11.6. The number of aliphatic hydroxyl groups is 1. The SMILES string of the molecule is O=C(NCCCO)C(=O)Nc1ccc2[nH]ccc2c1. The number of rotatable bonds is 4. The van der Waals surface area contributed by atoms with Crippen LogP contribution in [-0.4, -0.2) is 35.1 Å². The molecule has 2 aromatic rings. The molecule has 0 spiro atoms. The molecule has 19 heavy (non-hydrogen) atoms. The number of amides is 2. The van der Waals surface area contributed by atoms with Gasteiger partial charge in [-0.15, -0.1) is 0 Å². The lowest BCUT2D eigenvalue weighted by molar-refractivity contribution is -0.136. The summed E-state index contributed by atoms with van der Waals surface area (Å²) in [4.78, 5) is 26.1. The number of nitrogens with one attached hydrogen (secondary N) is 3. The number of aromatic amines is 1. The molecule has 4 N–H and O–H groups in total. The van der Waals surface area contributed by atoms with Gasteiger partial charge in [0, 0.05) is 35.9 Å². The number of hydrogen-bond donors (Lipinski definition) is 4. The Morgan fingerprint density at radius 3 is 2.84 bits per heavy atom. The fourth-order valence-electron chi connectivity index (χ4n) is 1.68. The van der Waals surface area contributed by atoms with Gasteiger partial charge < -0.3 is 20.7 Å². The molecule has 0 bridgehead atoms. The first-order valence-corrected chi connectivity index (χ1v) is 5.98. The summed E-state index contributed by atoms with van der Waals surface area (Å²) in [6, 6.07) is 7.21. The van der Waals surface area contributed by atoms with Gasteiger partial charge in [0.05, 0.1) is 0 Å². The van der Waals surface area contributed by atoms with Crippen LogP contribution in [0.2, 0.25) is 0 Å². The monoisotopic (exact) mass is 261 g/mol. The van der Waals surface area contributed by atoms with E-state index >= 15 is 0 Å². The van der Waals surface area contributed by atoms with Gasteiger partial charge >= 0.3 is 11.8 Å². The standard InChI is InChI=1S/C13H15N3O3/c17-7-1-5-15-12(18)13(19)16-10-2-3-11-9(8-10)4-6-14-11/h2-4,6,8,14,17H,1,5,7H2,(H,15,18)(H,16,19). The van der Waals surface area contributed by atoms with Gasteiger partial charge in [-0.25, -0.2) is 0 Å². The second kappa shape index (κ2) is 6.01. The summed E-state index contributed by atoms with van der Waals surface area (Å²) in [5, 5.41) is 14.5. The molecule has 6 nitrogen and oxygen atoms in total. The van der Waals surface area contributed by atoms with Crippen LogP contribution < -0.4 is 10.6 Å². The topological polar surface area (TPSA) is 94.2 Å². The first-order valence-electron chi connectivity index (χ1n) is 5.98. The summed E-state index contributed by atoms with van der Waals surface area (Å²) < 4.78 is 0. The lowest BCUT2D eigenvalue weighted by atomic mass is 10.2. The van der Waals surface area contributed by atoms with Crippen LogP contribution in [0.25, 0.3) is 10.9 Å². The molecule has 0 saturated heterocycles. The van der Waals surface area contributed by atoms with Crippen LogP contribution >= 0.6 is 0 Å². The van der Waals surface area contributed by atoms with Crippen molar-refractivity contribution in [3.8, 4) is 0 Å². The lowest BCUT2D eigenvalue weighted by Gasteiger charge is -2.06. The van der Waals surface area contributed by atoms with Crippen molar-refractivity contribution < 1.29 is 14.7 Å². The van der Waals surface area contributed by atoms with Gasteiger partial charge in [0.2, 0.25) is 0 Å². The van der Waals surface area contributed by atoms with Crippen molar-refractivity contribution in [1.29, 1.82) is 0 Å². The minimum Gasteiger partial charge on any atom is -0.396 e. The third-order valence-electron chi connectivity index (χ3n) is 2.64. The molecular formula is C13H15N3O3. The summed E-state index contributed by atoms with van der Waals surface area (Å²) in [6.07, 6.45) is 2.23. The molecule has 2 rings (SSSR count). The number of anilines is 1. The first kappa shape index (κ1) is 13.1.